The maximum Gasteiger partial charge on any atom is 0.106 e. The van der Waals surface area contributed by atoms with Crippen LogP contribution in [0, 0.1) is 0 Å². The van der Waals surface area contributed by atoms with E-state index in [1.165, 1.54) is 19.4 Å². The van der Waals surface area contributed by atoms with Gasteiger partial charge in [-0.3, -0.25) is 4.90 Å². The van der Waals surface area contributed by atoms with Gasteiger partial charge in [0, 0.05) is 25.7 Å². The first-order valence-corrected chi connectivity index (χ1v) is 7.78. The summed E-state index contributed by atoms with van der Waals surface area (Å²) in [5.74, 6) is 0. The van der Waals surface area contributed by atoms with Crippen molar-refractivity contribution in [3.8, 4) is 0 Å². The Balaban J connectivity index is 1.43. The Hall–Kier alpha value is -0.490. The van der Waals surface area contributed by atoms with Crippen LogP contribution in [0.15, 0.2) is 22.8 Å². The fraction of sp³-hybridized carbons (Fsp3) is 0.643. The molecule has 1 N–H and O–H groups in total. The fourth-order valence-corrected chi connectivity index (χ4v) is 3.30. The normalized spacial score (nSPS) is 27.4. The molecule has 2 fully saturated rings. The number of morpholine rings is 1. The lowest BCUT2D eigenvalue weighted by Crippen LogP contribution is -2.49. The van der Waals surface area contributed by atoms with Crippen LogP contribution in [0.25, 0.3) is 0 Å². The van der Waals surface area contributed by atoms with Crippen LogP contribution in [0.5, 0.6) is 0 Å². The van der Waals surface area contributed by atoms with Gasteiger partial charge in [0.15, 0.2) is 0 Å². The molecule has 0 aromatic carbocycles. The SMILES string of the molecule is Brc1cccc(CNCC2CN3CCCC3CO2)n1. The predicted octanol–water partition coefficient (Wildman–Crippen LogP) is 1.80. The van der Waals surface area contributed by atoms with Crippen LogP contribution in [0.4, 0.5) is 0 Å². The molecule has 19 heavy (non-hydrogen) atoms. The molecule has 0 aliphatic carbocycles. The minimum Gasteiger partial charge on any atom is -0.374 e. The van der Waals surface area contributed by atoms with Gasteiger partial charge in [-0.25, -0.2) is 4.98 Å². The van der Waals surface area contributed by atoms with Gasteiger partial charge in [-0.05, 0) is 47.4 Å². The van der Waals surface area contributed by atoms with E-state index in [2.05, 4.69) is 31.1 Å². The monoisotopic (exact) mass is 325 g/mol. The van der Waals surface area contributed by atoms with E-state index < -0.39 is 0 Å². The number of hydrogen-bond donors (Lipinski definition) is 1. The first-order chi connectivity index (χ1) is 9.31. The van der Waals surface area contributed by atoms with Crippen molar-refractivity contribution >= 4 is 15.9 Å². The van der Waals surface area contributed by atoms with E-state index in [0.717, 1.165) is 36.5 Å². The molecule has 0 spiro atoms. The number of nitrogens with one attached hydrogen (secondary N) is 1. The van der Waals surface area contributed by atoms with E-state index in [-0.39, 0.29) is 0 Å². The van der Waals surface area contributed by atoms with Crippen molar-refractivity contribution in [2.45, 2.75) is 31.5 Å². The maximum atomic E-state index is 5.92. The summed E-state index contributed by atoms with van der Waals surface area (Å²) >= 11 is 3.39. The molecule has 0 amide bonds. The molecule has 104 valence electrons. The van der Waals surface area contributed by atoms with E-state index in [1.54, 1.807) is 0 Å². The number of halogens is 1. The zero-order valence-corrected chi connectivity index (χ0v) is 12.6. The standard InChI is InChI=1S/C14H20BrN3O/c15-14-5-1-3-11(17-14)7-16-8-13-9-18-6-2-4-12(18)10-19-13/h1,3,5,12-13,16H,2,4,6-10H2. The molecule has 3 heterocycles. The maximum absolute atomic E-state index is 5.92. The lowest BCUT2D eigenvalue weighted by Gasteiger charge is -2.35. The summed E-state index contributed by atoms with van der Waals surface area (Å²) in [6.45, 7) is 4.92. The smallest absolute Gasteiger partial charge is 0.106 e. The van der Waals surface area contributed by atoms with Gasteiger partial charge in [-0.15, -0.1) is 0 Å². The molecule has 2 aliphatic rings. The highest BCUT2D eigenvalue weighted by Crippen LogP contribution is 2.22. The fourth-order valence-electron chi connectivity index (χ4n) is 2.92. The second kappa shape index (κ2) is 6.31. The van der Waals surface area contributed by atoms with Gasteiger partial charge in [0.25, 0.3) is 0 Å². The van der Waals surface area contributed by atoms with Gasteiger partial charge >= 0.3 is 0 Å². The first-order valence-electron chi connectivity index (χ1n) is 6.99. The van der Waals surface area contributed by atoms with Crippen LogP contribution in [0.3, 0.4) is 0 Å². The van der Waals surface area contributed by atoms with Crippen LogP contribution >= 0.6 is 15.9 Å². The summed E-state index contributed by atoms with van der Waals surface area (Å²) in [6, 6.07) is 6.68. The molecule has 2 saturated heterocycles. The van der Waals surface area contributed by atoms with Crippen molar-refractivity contribution in [2.75, 3.05) is 26.2 Å². The number of hydrogen-bond acceptors (Lipinski definition) is 4. The molecule has 0 saturated carbocycles. The number of rotatable bonds is 4. The van der Waals surface area contributed by atoms with Gasteiger partial charge in [-0.1, -0.05) is 6.07 Å². The van der Waals surface area contributed by atoms with Crippen molar-refractivity contribution in [2.24, 2.45) is 0 Å². The van der Waals surface area contributed by atoms with Crippen LogP contribution in [0.2, 0.25) is 0 Å². The molecule has 0 bridgehead atoms. The number of pyridine rings is 1. The van der Waals surface area contributed by atoms with E-state index in [4.69, 9.17) is 4.74 Å². The Kier molecular flexibility index (Phi) is 4.48. The van der Waals surface area contributed by atoms with E-state index in [1.807, 2.05) is 18.2 Å². The zero-order valence-electron chi connectivity index (χ0n) is 11.0. The van der Waals surface area contributed by atoms with Crippen LogP contribution < -0.4 is 5.32 Å². The highest BCUT2D eigenvalue weighted by atomic mass is 79.9. The summed E-state index contributed by atoms with van der Waals surface area (Å²) in [7, 11) is 0. The molecule has 0 radical (unpaired) electrons. The second-order valence-corrected chi connectivity index (χ2v) is 6.14. The predicted molar refractivity (Wildman–Crippen MR) is 78.0 cm³/mol. The molecule has 1 aromatic rings. The largest absolute Gasteiger partial charge is 0.374 e. The third kappa shape index (κ3) is 3.54. The number of nitrogens with zero attached hydrogens (tertiary/aromatic N) is 2. The number of aromatic nitrogens is 1. The van der Waals surface area contributed by atoms with Gasteiger partial charge in [0.2, 0.25) is 0 Å². The molecule has 3 rings (SSSR count). The Morgan fingerprint density at radius 3 is 3.32 bits per heavy atom. The number of fused-ring (bicyclic) bond motifs is 1. The van der Waals surface area contributed by atoms with Gasteiger partial charge in [-0.2, -0.15) is 0 Å². The average molecular weight is 326 g/mol. The van der Waals surface area contributed by atoms with Crippen molar-refractivity contribution in [1.82, 2.24) is 15.2 Å². The van der Waals surface area contributed by atoms with Gasteiger partial charge in [0.05, 0.1) is 18.4 Å². The van der Waals surface area contributed by atoms with Crippen molar-refractivity contribution in [3.05, 3.63) is 28.5 Å². The van der Waals surface area contributed by atoms with Crippen LogP contribution in [-0.4, -0.2) is 48.3 Å². The summed E-state index contributed by atoms with van der Waals surface area (Å²) in [4.78, 5) is 6.99. The second-order valence-electron chi connectivity index (χ2n) is 5.33. The molecule has 2 aliphatic heterocycles. The highest BCUT2D eigenvalue weighted by molar-refractivity contribution is 9.10. The van der Waals surface area contributed by atoms with Gasteiger partial charge in [0.1, 0.15) is 4.60 Å². The molecular formula is C14H20BrN3O. The lowest BCUT2D eigenvalue weighted by molar-refractivity contribution is -0.0470. The summed E-state index contributed by atoms with van der Waals surface area (Å²) in [5, 5.41) is 3.44. The van der Waals surface area contributed by atoms with Crippen LogP contribution in [0.1, 0.15) is 18.5 Å². The average Bonchev–Trinajstić information content (AvgIpc) is 2.86. The molecule has 1 aromatic heterocycles. The zero-order chi connectivity index (χ0) is 13.1. The van der Waals surface area contributed by atoms with Gasteiger partial charge < -0.3 is 10.1 Å². The molecule has 4 nitrogen and oxygen atoms in total. The minimum atomic E-state index is 0.321. The van der Waals surface area contributed by atoms with Crippen molar-refractivity contribution < 1.29 is 4.74 Å². The molecule has 5 heteroatoms. The van der Waals surface area contributed by atoms with Crippen LogP contribution in [-0.2, 0) is 11.3 Å². The Morgan fingerprint density at radius 2 is 2.42 bits per heavy atom. The summed E-state index contributed by atoms with van der Waals surface area (Å²) in [6.07, 6.45) is 2.96. The Morgan fingerprint density at radius 1 is 1.47 bits per heavy atom. The first kappa shape index (κ1) is 13.5. The molecule has 2 atom stereocenters. The summed E-state index contributed by atoms with van der Waals surface area (Å²) < 4.78 is 6.81. The molecule has 2 unspecified atom stereocenters. The van der Waals surface area contributed by atoms with Crippen molar-refractivity contribution in [1.29, 1.82) is 0 Å². The third-order valence-electron chi connectivity index (χ3n) is 3.91. The van der Waals surface area contributed by atoms with Crippen molar-refractivity contribution in [3.63, 3.8) is 0 Å². The minimum absolute atomic E-state index is 0.321. The lowest BCUT2D eigenvalue weighted by atomic mass is 10.2. The van der Waals surface area contributed by atoms with E-state index >= 15 is 0 Å². The Labute approximate surface area is 122 Å². The Bertz CT molecular complexity index is 429. The summed E-state index contributed by atoms with van der Waals surface area (Å²) in [5.41, 5.74) is 1.06. The van der Waals surface area contributed by atoms with E-state index in [9.17, 15) is 0 Å². The van der Waals surface area contributed by atoms with E-state index in [0.29, 0.717) is 12.1 Å². The highest BCUT2D eigenvalue weighted by Gasteiger charge is 2.31. The molecular weight excluding hydrogens is 306 g/mol. The third-order valence-corrected chi connectivity index (χ3v) is 4.35. The quantitative estimate of drug-likeness (QED) is 0.856. The number of ether oxygens (including phenoxy) is 1. The topological polar surface area (TPSA) is 37.4 Å².